The van der Waals surface area contributed by atoms with E-state index in [1.807, 2.05) is 31.2 Å². The maximum atomic E-state index is 13.0. The molecule has 0 radical (unpaired) electrons. The van der Waals surface area contributed by atoms with E-state index in [0.717, 1.165) is 36.1 Å². The number of nitrogens with one attached hydrogen (secondary N) is 2. The highest BCUT2D eigenvalue weighted by Gasteiger charge is 2.55. The lowest BCUT2D eigenvalue weighted by molar-refractivity contribution is -0.155. The third-order valence-electron chi connectivity index (χ3n) is 6.83. The van der Waals surface area contributed by atoms with Gasteiger partial charge in [-0.15, -0.1) is 0 Å². The fourth-order valence-electron chi connectivity index (χ4n) is 4.55. The Morgan fingerprint density at radius 2 is 1.97 bits per heavy atom. The molecule has 0 unspecified atom stereocenters. The van der Waals surface area contributed by atoms with Crippen LogP contribution in [0.2, 0.25) is 0 Å². The van der Waals surface area contributed by atoms with Crippen LogP contribution in [0, 0.1) is 5.92 Å². The number of ether oxygens (including phenoxy) is 1. The van der Waals surface area contributed by atoms with Crippen molar-refractivity contribution >= 4 is 29.5 Å². The number of rotatable bonds is 7. The molecule has 1 saturated carbocycles. The van der Waals surface area contributed by atoms with E-state index in [1.54, 1.807) is 0 Å². The molecule has 1 saturated heterocycles. The second kappa shape index (κ2) is 9.71. The SMILES string of the molecule is CC[C@H](C)c1ccccc1NC(=O)[C@@H](C)OC(=O)CN1C(=O)N[C@@]2(CCCC[C@@H]2C)C1=O. The maximum absolute atomic E-state index is 13.0. The van der Waals surface area contributed by atoms with Crippen molar-refractivity contribution < 1.29 is 23.9 Å². The number of esters is 1. The van der Waals surface area contributed by atoms with Gasteiger partial charge in [0.05, 0.1) is 0 Å². The normalized spacial score (nSPS) is 24.8. The van der Waals surface area contributed by atoms with Crippen LogP contribution >= 0.6 is 0 Å². The molecule has 8 nitrogen and oxygen atoms in total. The molecule has 0 bridgehead atoms. The van der Waals surface area contributed by atoms with Crippen LogP contribution in [0.15, 0.2) is 24.3 Å². The van der Waals surface area contributed by atoms with E-state index in [4.69, 9.17) is 4.74 Å². The summed E-state index contributed by atoms with van der Waals surface area (Å²) in [5.74, 6) is -1.38. The summed E-state index contributed by atoms with van der Waals surface area (Å²) < 4.78 is 5.25. The smallest absolute Gasteiger partial charge is 0.327 e. The van der Waals surface area contributed by atoms with E-state index >= 15 is 0 Å². The summed E-state index contributed by atoms with van der Waals surface area (Å²) in [5.41, 5.74) is 0.753. The molecule has 3 rings (SSSR count). The average Bonchev–Trinajstić information content (AvgIpc) is 3.00. The van der Waals surface area contributed by atoms with Crippen LogP contribution in [0.25, 0.3) is 0 Å². The Bertz CT molecular complexity index is 901. The van der Waals surface area contributed by atoms with E-state index < -0.39 is 36.1 Å². The van der Waals surface area contributed by atoms with Gasteiger partial charge in [0.15, 0.2) is 6.10 Å². The quantitative estimate of drug-likeness (QED) is 0.495. The van der Waals surface area contributed by atoms with Crippen molar-refractivity contribution in [1.82, 2.24) is 10.2 Å². The zero-order chi connectivity index (χ0) is 23.5. The number of amides is 4. The molecular formula is C24H33N3O5. The molecule has 8 heteroatoms. The summed E-state index contributed by atoms with van der Waals surface area (Å²) in [6.07, 6.45) is 3.13. The van der Waals surface area contributed by atoms with E-state index in [1.165, 1.54) is 6.92 Å². The van der Waals surface area contributed by atoms with E-state index in [0.29, 0.717) is 12.1 Å². The first-order valence-electron chi connectivity index (χ1n) is 11.4. The number of benzene rings is 1. The standard InChI is InChI=1S/C24H33N3O5/c1-5-15(2)18-11-6-7-12-19(18)25-21(29)17(4)32-20(28)14-27-22(30)24(26-23(27)31)13-9-8-10-16(24)3/h6-7,11-12,15-17H,5,8-10,13-14H2,1-4H3,(H,25,29)(H,26,31)/t15-,16-,17+,24+/m0/s1. The zero-order valence-electron chi connectivity index (χ0n) is 19.3. The number of urea groups is 1. The molecule has 1 aromatic rings. The average molecular weight is 444 g/mol. The number of hydrogen-bond acceptors (Lipinski definition) is 5. The molecule has 174 valence electrons. The van der Waals surface area contributed by atoms with Gasteiger partial charge in [0.25, 0.3) is 11.8 Å². The fraction of sp³-hybridized carbons (Fsp3) is 0.583. The fourth-order valence-corrected chi connectivity index (χ4v) is 4.55. The summed E-state index contributed by atoms with van der Waals surface area (Å²) in [7, 11) is 0. The van der Waals surface area contributed by atoms with Crippen molar-refractivity contribution in [3.63, 3.8) is 0 Å². The number of carbonyl (C=O) groups excluding carboxylic acids is 4. The Morgan fingerprint density at radius 3 is 2.66 bits per heavy atom. The lowest BCUT2D eigenvalue weighted by atomic mass is 9.73. The van der Waals surface area contributed by atoms with E-state index in [9.17, 15) is 19.2 Å². The van der Waals surface area contributed by atoms with Gasteiger partial charge in [-0.25, -0.2) is 4.79 Å². The summed E-state index contributed by atoms with van der Waals surface area (Å²) in [6.45, 7) is 7.05. The lowest BCUT2D eigenvalue weighted by Gasteiger charge is -2.36. The first-order chi connectivity index (χ1) is 15.2. The number of nitrogens with zero attached hydrogens (tertiary/aromatic N) is 1. The van der Waals surface area contributed by atoms with Crippen molar-refractivity contribution in [2.45, 2.75) is 77.4 Å². The highest BCUT2D eigenvalue weighted by Crippen LogP contribution is 2.38. The summed E-state index contributed by atoms with van der Waals surface area (Å²) in [4.78, 5) is 51.4. The Balaban J connectivity index is 1.60. The van der Waals surface area contributed by atoms with Gasteiger partial charge in [-0.1, -0.05) is 51.8 Å². The van der Waals surface area contributed by atoms with Crippen molar-refractivity contribution in [1.29, 1.82) is 0 Å². The largest absolute Gasteiger partial charge is 0.451 e. The van der Waals surface area contributed by atoms with Crippen molar-refractivity contribution in [2.75, 3.05) is 11.9 Å². The van der Waals surface area contributed by atoms with Gasteiger partial charge < -0.3 is 15.4 Å². The van der Waals surface area contributed by atoms with Gasteiger partial charge in [0.2, 0.25) is 0 Å². The van der Waals surface area contributed by atoms with Gasteiger partial charge in [-0.3, -0.25) is 19.3 Å². The molecule has 2 aliphatic rings. The molecule has 32 heavy (non-hydrogen) atoms. The molecule has 2 fully saturated rings. The van der Waals surface area contributed by atoms with Gasteiger partial charge in [0.1, 0.15) is 12.1 Å². The Morgan fingerprint density at radius 1 is 1.25 bits per heavy atom. The van der Waals surface area contributed by atoms with Crippen LogP contribution in [0.3, 0.4) is 0 Å². The monoisotopic (exact) mass is 443 g/mol. The third-order valence-corrected chi connectivity index (χ3v) is 6.83. The minimum absolute atomic E-state index is 0.00371. The second-order valence-corrected chi connectivity index (χ2v) is 8.96. The highest BCUT2D eigenvalue weighted by molar-refractivity contribution is 6.09. The number of hydrogen-bond donors (Lipinski definition) is 2. The molecule has 1 aliphatic carbocycles. The van der Waals surface area contributed by atoms with Crippen molar-refractivity contribution in [3.8, 4) is 0 Å². The minimum Gasteiger partial charge on any atom is -0.451 e. The summed E-state index contributed by atoms with van der Waals surface area (Å²) >= 11 is 0. The third kappa shape index (κ3) is 4.64. The van der Waals surface area contributed by atoms with Crippen LogP contribution in [0.5, 0.6) is 0 Å². The minimum atomic E-state index is -1.07. The number of anilines is 1. The van der Waals surface area contributed by atoms with Crippen LogP contribution in [0.4, 0.5) is 10.5 Å². The molecule has 0 aromatic heterocycles. The van der Waals surface area contributed by atoms with Crippen LogP contribution in [-0.4, -0.2) is 46.9 Å². The lowest BCUT2D eigenvalue weighted by Crippen LogP contribution is -2.54. The Hall–Kier alpha value is -2.90. The van der Waals surface area contributed by atoms with Gasteiger partial charge in [0, 0.05) is 5.69 Å². The van der Waals surface area contributed by atoms with Gasteiger partial charge >= 0.3 is 12.0 Å². The Kier molecular flexibility index (Phi) is 7.21. The maximum Gasteiger partial charge on any atom is 0.327 e. The first-order valence-corrected chi connectivity index (χ1v) is 11.4. The first kappa shape index (κ1) is 23.8. The zero-order valence-corrected chi connectivity index (χ0v) is 19.3. The van der Waals surface area contributed by atoms with E-state index in [-0.39, 0.29) is 17.7 Å². The molecule has 1 spiro atoms. The van der Waals surface area contributed by atoms with Crippen molar-refractivity contribution in [2.24, 2.45) is 5.92 Å². The van der Waals surface area contributed by atoms with E-state index in [2.05, 4.69) is 24.5 Å². The molecular weight excluding hydrogens is 410 g/mol. The number of imide groups is 1. The predicted octanol–water partition coefficient (Wildman–Crippen LogP) is 3.57. The topological polar surface area (TPSA) is 105 Å². The highest BCUT2D eigenvalue weighted by atomic mass is 16.5. The molecule has 2 N–H and O–H groups in total. The van der Waals surface area contributed by atoms with Gasteiger partial charge in [-0.2, -0.15) is 0 Å². The summed E-state index contributed by atoms with van der Waals surface area (Å²) in [6, 6.07) is 6.93. The number of para-hydroxylation sites is 1. The molecule has 1 aliphatic heterocycles. The molecule has 4 atom stereocenters. The van der Waals surface area contributed by atoms with Crippen LogP contribution in [0.1, 0.15) is 71.3 Å². The Labute approximate surface area is 189 Å². The van der Waals surface area contributed by atoms with Crippen LogP contribution in [-0.2, 0) is 19.1 Å². The van der Waals surface area contributed by atoms with Crippen molar-refractivity contribution in [3.05, 3.63) is 29.8 Å². The molecule has 1 aromatic carbocycles. The van der Waals surface area contributed by atoms with Crippen LogP contribution < -0.4 is 10.6 Å². The number of carbonyl (C=O) groups is 4. The predicted molar refractivity (Wildman–Crippen MR) is 120 cm³/mol. The second-order valence-electron chi connectivity index (χ2n) is 8.96. The summed E-state index contributed by atoms with van der Waals surface area (Å²) in [5, 5.41) is 5.62. The molecule has 1 heterocycles. The molecule has 4 amide bonds. The van der Waals surface area contributed by atoms with Gasteiger partial charge in [-0.05, 0) is 49.7 Å².